The first-order chi connectivity index (χ1) is 9.29. The smallest absolute Gasteiger partial charge is 0.228 e. The van der Waals surface area contributed by atoms with E-state index in [9.17, 15) is 9.90 Å². The summed E-state index contributed by atoms with van der Waals surface area (Å²) in [4.78, 5) is 12.5. The van der Waals surface area contributed by atoms with Crippen LogP contribution in [-0.2, 0) is 9.53 Å². The number of nitrogens with one attached hydrogen (secondary N) is 2. The van der Waals surface area contributed by atoms with Crippen molar-refractivity contribution in [2.45, 2.75) is 46.1 Å². The zero-order chi connectivity index (χ0) is 15.2. The largest absolute Gasteiger partial charge is 0.391 e. The van der Waals surface area contributed by atoms with E-state index in [0.717, 1.165) is 25.9 Å². The molecule has 0 radical (unpaired) electrons. The van der Waals surface area contributed by atoms with Gasteiger partial charge >= 0.3 is 0 Å². The Hall–Kier alpha value is -0.650. The second-order valence-corrected chi connectivity index (χ2v) is 7.09. The molecule has 0 aromatic carbocycles. The predicted molar refractivity (Wildman–Crippen MR) is 79.5 cm³/mol. The van der Waals surface area contributed by atoms with Crippen molar-refractivity contribution in [1.82, 2.24) is 10.6 Å². The summed E-state index contributed by atoms with van der Waals surface area (Å²) < 4.78 is 5.24. The van der Waals surface area contributed by atoms with Crippen molar-refractivity contribution in [2.24, 2.45) is 10.8 Å². The summed E-state index contributed by atoms with van der Waals surface area (Å²) in [7, 11) is 1.63. The molecule has 0 bridgehead atoms. The van der Waals surface area contributed by atoms with Gasteiger partial charge in [0.05, 0.1) is 18.1 Å². The van der Waals surface area contributed by atoms with Crippen LogP contribution in [-0.4, -0.2) is 50.5 Å². The Morgan fingerprint density at radius 1 is 1.40 bits per heavy atom. The molecule has 0 aromatic rings. The lowest BCUT2D eigenvalue weighted by Crippen LogP contribution is -2.51. The van der Waals surface area contributed by atoms with E-state index in [-0.39, 0.29) is 11.3 Å². The van der Waals surface area contributed by atoms with Crippen molar-refractivity contribution >= 4 is 5.91 Å². The number of amides is 1. The number of hydrogen-bond acceptors (Lipinski definition) is 4. The highest BCUT2D eigenvalue weighted by Gasteiger charge is 2.39. The Labute approximate surface area is 122 Å². The summed E-state index contributed by atoms with van der Waals surface area (Å²) >= 11 is 0. The minimum Gasteiger partial charge on any atom is -0.391 e. The first kappa shape index (κ1) is 17.4. The third-order valence-corrected chi connectivity index (χ3v) is 3.81. The number of methoxy groups -OCH3 is 1. The van der Waals surface area contributed by atoms with Gasteiger partial charge in [-0.05, 0) is 37.8 Å². The zero-order valence-corrected chi connectivity index (χ0v) is 13.3. The lowest BCUT2D eigenvalue weighted by Gasteiger charge is -2.36. The highest BCUT2D eigenvalue weighted by molar-refractivity contribution is 5.83. The maximum atomic E-state index is 12.5. The molecular weight excluding hydrogens is 256 g/mol. The van der Waals surface area contributed by atoms with E-state index in [4.69, 9.17) is 4.74 Å². The van der Waals surface area contributed by atoms with Crippen molar-refractivity contribution in [1.29, 1.82) is 0 Å². The zero-order valence-electron chi connectivity index (χ0n) is 13.3. The van der Waals surface area contributed by atoms with E-state index in [1.165, 1.54) is 0 Å². The highest BCUT2D eigenvalue weighted by atomic mass is 16.5. The van der Waals surface area contributed by atoms with Crippen molar-refractivity contribution in [2.75, 3.05) is 33.4 Å². The molecular formula is C15H30N2O3. The van der Waals surface area contributed by atoms with E-state index in [2.05, 4.69) is 31.4 Å². The van der Waals surface area contributed by atoms with Gasteiger partial charge in [0.15, 0.2) is 0 Å². The quantitative estimate of drug-likeness (QED) is 0.679. The van der Waals surface area contributed by atoms with Crippen LogP contribution in [0.25, 0.3) is 0 Å². The van der Waals surface area contributed by atoms with Gasteiger partial charge in [0.25, 0.3) is 0 Å². The number of aliphatic hydroxyl groups excluding tert-OH is 1. The molecule has 0 aliphatic carbocycles. The lowest BCUT2D eigenvalue weighted by atomic mass is 9.78. The normalized spacial score (nSPS) is 20.4. The summed E-state index contributed by atoms with van der Waals surface area (Å²) in [5.41, 5.74) is -0.384. The standard InChI is InChI=1S/C15H30N2O3/c1-14(2,3)9-12(18)10-17-13(19)15(11-20-4)5-7-16-8-6-15/h12,16,18H,5-11H2,1-4H3,(H,17,19). The number of aliphatic hydroxyl groups is 1. The van der Waals surface area contributed by atoms with Crippen LogP contribution in [0.15, 0.2) is 0 Å². The number of ether oxygens (including phenoxy) is 1. The first-order valence-corrected chi connectivity index (χ1v) is 7.45. The van der Waals surface area contributed by atoms with Gasteiger partial charge in [0.1, 0.15) is 0 Å². The average Bonchev–Trinajstić information content (AvgIpc) is 2.35. The fraction of sp³-hybridized carbons (Fsp3) is 0.933. The minimum absolute atomic E-state index is 0.00816. The van der Waals surface area contributed by atoms with E-state index in [1.54, 1.807) is 7.11 Å². The molecule has 1 atom stereocenters. The van der Waals surface area contributed by atoms with Gasteiger partial charge in [-0.2, -0.15) is 0 Å². The number of rotatable bonds is 6. The van der Waals surface area contributed by atoms with Crippen LogP contribution < -0.4 is 10.6 Å². The molecule has 5 nitrogen and oxygen atoms in total. The molecule has 118 valence electrons. The number of piperidine rings is 1. The Morgan fingerprint density at radius 2 is 2.00 bits per heavy atom. The molecule has 1 fully saturated rings. The molecule has 1 aliphatic heterocycles. The van der Waals surface area contributed by atoms with E-state index >= 15 is 0 Å². The first-order valence-electron chi connectivity index (χ1n) is 7.45. The van der Waals surface area contributed by atoms with E-state index < -0.39 is 11.5 Å². The Balaban J connectivity index is 2.50. The van der Waals surface area contributed by atoms with Crippen molar-refractivity contribution < 1.29 is 14.6 Å². The average molecular weight is 286 g/mol. The summed E-state index contributed by atoms with van der Waals surface area (Å²) in [5.74, 6) is 0.00816. The molecule has 5 heteroatoms. The maximum absolute atomic E-state index is 12.5. The van der Waals surface area contributed by atoms with Crippen LogP contribution in [0, 0.1) is 10.8 Å². The van der Waals surface area contributed by atoms with Gasteiger partial charge in [-0.25, -0.2) is 0 Å². The Morgan fingerprint density at radius 3 is 2.50 bits per heavy atom. The minimum atomic E-state index is -0.500. The van der Waals surface area contributed by atoms with Gasteiger partial charge < -0.3 is 20.5 Å². The second kappa shape index (κ2) is 7.38. The SMILES string of the molecule is COCC1(C(=O)NCC(O)CC(C)(C)C)CCNCC1. The van der Waals surface area contributed by atoms with Gasteiger partial charge in [-0.3, -0.25) is 4.79 Å². The van der Waals surface area contributed by atoms with Crippen LogP contribution in [0.2, 0.25) is 0 Å². The molecule has 20 heavy (non-hydrogen) atoms. The van der Waals surface area contributed by atoms with Crippen molar-refractivity contribution in [3.8, 4) is 0 Å². The second-order valence-electron chi connectivity index (χ2n) is 7.09. The fourth-order valence-electron chi connectivity index (χ4n) is 2.80. The van der Waals surface area contributed by atoms with E-state index in [0.29, 0.717) is 19.6 Å². The number of hydrogen-bond donors (Lipinski definition) is 3. The predicted octanol–water partition coefficient (Wildman–Crippen LogP) is 0.916. The third kappa shape index (κ3) is 5.38. The molecule has 1 saturated heterocycles. The molecule has 3 N–H and O–H groups in total. The summed E-state index contributed by atoms with van der Waals surface area (Å²) in [5, 5.41) is 16.2. The monoisotopic (exact) mass is 286 g/mol. The summed E-state index contributed by atoms with van der Waals surface area (Å²) in [6, 6.07) is 0. The Kier molecular flexibility index (Phi) is 6.43. The number of carbonyl (C=O) groups excluding carboxylic acids is 1. The fourth-order valence-corrected chi connectivity index (χ4v) is 2.80. The summed E-state index contributed by atoms with van der Waals surface area (Å²) in [6.45, 7) is 8.67. The molecule has 1 heterocycles. The van der Waals surface area contributed by atoms with Gasteiger partial charge in [0, 0.05) is 13.7 Å². The third-order valence-electron chi connectivity index (χ3n) is 3.81. The molecule has 1 unspecified atom stereocenters. The molecule has 1 aliphatic rings. The van der Waals surface area contributed by atoms with Crippen LogP contribution in [0.1, 0.15) is 40.0 Å². The van der Waals surface area contributed by atoms with Crippen LogP contribution in [0.5, 0.6) is 0 Å². The van der Waals surface area contributed by atoms with Gasteiger partial charge in [-0.1, -0.05) is 20.8 Å². The van der Waals surface area contributed by atoms with Gasteiger partial charge in [0.2, 0.25) is 5.91 Å². The molecule has 0 spiro atoms. The van der Waals surface area contributed by atoms with Gasteiger partial charge in [-0.15, -0.1) is 0 Å². The lowest BCUT2D eigenvalue weighted by molar-refractivity contribution is -0.136. The molecule has 0 saturated carbocycles. The summed E-state index contributed by atoms with van der Waals surface area (Å²) in [6.07, 6.45) is 1.73. The van der Waals surface area contributed by atoms with E-state index in [1.807, 2.05) is 0 Å². The molecule has 0 aromatic heterocycles. The van der Waals surface area contributed by atoms with Crippen LogP contribution >= 0.6 is 0 Å². The van der Waals surface area contributed by atoms with Crippen LogP contribution in [0.4, 0.5) is 0 Å². The number of carbonyl (C=O) groups is 1. The van der Waals surface area contributed by atoms with Crippen molar-refractivity contribution in [3.63, 3.8) is 0 Å². The van der Waals surface area contributed by atoms with Crippen molar-refractivity contribution in [3.05, 3.63) is 0 Å². The topological polar surface area (TPSA) is 70.6 Å². The highest BCUT2D eigenvalue weighted by Crippen LogP contribution is 2.29. The van der Waals surface area contributed by atoms with Crippen LogP contribution in [0.3, 0.4) is 0 Å². The molecule has 1 rings (SSSR count). The Bertz CT molecular complexity index is 301. The molecule has 1 amide bonds. The maximum Gasteiger partial charge on any atom is 0.228 e.